The number of hydrogen-bond donors (Lipinski definition) is 2. The molecule has 21 heavy (non-hydrogen) atoms. The number of rotatable bonds is 9. The van der Waals surface area contributed by atoms with E-state index in [1.54, 1.807) is 12.1 Å². The van der Waals surface area contributed by atoms with Crippen LogP contribution in [-0.2, 0) is 11.3 Å². The summed E-state index contributed by atoms with van der Waals surface area (Å²) in [6.45, 7) is 2.35. The fraction of sp³-hybridized carbons (Fsp3) is 0.500. The van der Waals surface area contributed by atoms with Crippen molar-refractivity contribution in [3.8, 4) is 0 Å². The second-order valence-corrected chi connectivity index (χ2v) is 5.55. The molecule has 3 nitrogen and oxygen atoms in total. The molecule has 0 spiro atoms. The molecule has 0 radical (unpaired) electrons. The number of carbonyl (C=O) groups excluding carboxylic acids is 1. The van der Waals surface area contributed by atoms with Gasteiger partial charge in [0.25, 0.3) is 0 Å². The SMILES string of the molecule is CCCCCCCC(=O)NCc1ccc(C(N)=S)cc1F. The Morgan fingerprint density at radius 2 is 2.00 bits per heavy atom. The maximum absolute atomic E-state index is 13.8. The minimum atomic E-state index is -0.399. The van der Waals surface area contributed by atoms with Crippen LogP contribution < -0.4 is 11.1 Å². The van der Waals surface area contributed by atoms with E-state index in [4.69, 9.17) is 18.0 Å². The zero-order valence-corrected chi connectivity index (χ0v) is 13.3. The largest absolute Gasteiger partial charge is 0.389 e. The summed E-state index contributed by atoms with van der Waals surface area (Å²) < 4.78 is 13.8. The van der Waals surface area contributed by atoms with E-state index in [2.05, 4.69) is 12.2 Å². The van der Waals surface area contributed by atoms with Crippen molar-refractivity contribution in [3.05, 3.63) is 35.1 Å². The maximum atomic E-state index is 13.8. The third-order valence-corrected chi connectivity index (χ3v) is 3.56. The summed E-state index contributed by atoms with van der Waals surface area (Å²) in [6, 6.07) is 4.57. The predicted octanol–water partition coefficient (Wildman–Crippen LogP) is 3.44. The Hall–Kier alpha value is -1.49. The Bertz CT molecular complexity index is 491. The highest BCUT2D eigenvalue weighted by molar-refractivity contribution is 7.80. The zero-order valence-electron chi connectivity index (χ0n) is 12.5. The van der Waals surface area contributed by atoms with Crippen LogP contribution in [0.3, 0.4) is 0 Å². The van der Waals surface area contributed by atoms with Gasteiger partial charge in [-0.15, -0.1) is 0 Å². The van der Waals surface area contributed by atoms with E-state index in [1.165, 1.54) is 25.3 Å². The minimum absolute atomic E-state index is 0.0377. The van der Waals surface area contributed by atoms with Crippen molar-refractivity contribution in [1.29, 1.82) is 0 Å². The number of thiocarbonyl (C=S) groups is 1. The molecule has 0 aromatic heterocycles. The summed E-state index contributed by atoms with van der Waals surface area (Å²) in [4.78, 5) is 11.8. The lowest BCUT2D eigenvalue weighted by molar-refractivity contribution is -0.121. The third-order valence-electron chi connectivity index (χ3n) is 3.32. The molecule has 0 saturated heterocycles. The molecule has 1 rings (SSSR count). The van der Waals surface area contributed by atoms with Crippen molar-refractivity contribution in [2.24, 2.45) is 5.73 Å². The number of nitrogens with one attached hydrogen (secondary N) is 1. The van der Waals surface area contributed by atoms with Gasteiger partial charge in [0.2, 0.25) is 5.91 Å². The van der Waals surface area contributed by atoms with Gasteiger partial charge in [0.15, 0.2) is 0 Å². The van der Waals surface area contributed by atoms with Gasteiger partial charge in [-0.3, -0.25) is 4.79 Å². The van der Waals surface area contributed by atoms with Crippen LogP contribution in [0.2, 0.25) is 0 Å². The molecule has 0 fully saturated rings. The Balaban J connectivity index is 2.34. The van der Waals surface area contributed by atoms with Crippen molar-refractivity contribution in [2.75, 3.05) is 0 Å². The van der Waals surface area contributed by atoms with E-state index in [-0.39, 0.29) is 17.4 Å². The van der Waals surface area contributed by atoms with Crippen molar-refractivity contribution >= 4 is 23.1 Å². The highest BCUT2D eigenvalue weighted by Crippen LogP contribution is 2.11. The van der Waals surface area contributed by atoms with E-state index in [9.17, 15) is 9.18 Å². The number of carbonyl (C=O) groups is 1. The lowest BCUT2D eigenvalue weighted by Gasteiger charge is -2.08. The van der Waals surface area contributed by atoms with Crippen LogP contribution in [0.15, 0.2) is 18.2 Å². The van der Waals surface area contributed by atoms with Gasteiger partial charge in [-0.1, -0.05) is 57.0 Å². The second kappa shape index (κ2) is 9.45. The molecule has 1 amide bonds. The quantitative estimate of drug-likeness (QED) is 0.543. The van der Waals surface area contributed by atoms with Crippen LogP contribution >= 0.6 is 12.2 Å². The standard InChI is InChI=1S/C16H23FN2OS/c1-2-3-4-5-6-7-15(20)19-11-13-9-8-12(16(18)21)10-14(13)17/h8-10H,2-7,11H2,1H3,(H2,18,21)(H,19,20). The van der Waals surface area contributed by atoms with Crippen molar-refractivity contribution in [1.82, 2.24) is 5.32 Å². The molecule has 5 heteroatoms. The van der Waals surface area contributed by atoms with Gasteiger partial charge in [-0.2, -0.15) is 0 Å². The smallest absolute Gasteiger partial charge is 0.220 e. The van der Waals surface area contributed by atoms with Gasteiger partial charge in [0.05, 0.1) is 0 Å². The molecule has 0 aliphatic heterocycles. The molecule has 0 heterocycles. The van der Waals surface area contributed by atoms with E-state index in [1.807, 2.05) is 0 Å². The van der Waals surface area contributed by atoms with Crippen LogP contribution in [0.5, 0.6) is 0 Å². The minimum Gasteiger partial charge on any atom is -0.389 e. The van der Waals surface area contributed by atoms with Crippen LogP contribution in [0, 0.1) is 5.82 Å². The third kappa shape index (κ3) is 6.67. The average molecular weight is 310 g/mol. The summed E-state index contributed by atoms with van der Waals surface area (Å²) in [5.74, 6) is -0.437. The molecule has 3 N–H and O–H groups in total. The van der Waals surface area contributed by atoms with Crippen LogP contribution in [0.1, 0.15) is 56.6 Å². The summed E-state index contributed by atoms with van der Waals surface area (Å²) in [5, 5.41) is 2.74. The molecular weight excluding hydrogens is 287 g/mol. The second-order valence-electron chi connectivity index (χ2n) is 5.11. The van der Waals surface area contributed by atoms with E-state index in [0.29, 0.717) is 17.5 Å². The van der Waals surface area contributed by atoms with Crippen molar-refractivity contribution in [2.45, 2.75) is 52.0 Å². The monoisotopic (exact) mass is 310 g/mol. The van der Waals surface area contributed by atoms with Gasteiger partial charge >= 0.3 is 0 Å². The number of nitrogens with two attached hydrogens (primary N) is 1. The first-order valence-electron chi connectivity index (χ1n) is 7.39. The molecule has 0 bridgehead atoms. The summed E-state index contributed by atoms with van der Waals surface area (Å²) in [7, 11) is 0. The van der Waals surface area contributed by atoms with Gasteiger partial charge < -0.3 is 11.1 Å². The fourth-order valence-electron chi connectivity index (χ4n) is 2.02. The van der Waals surface area contributed by atoms with Gasteiger partial charge in [0.1, 0.15) is 10.8 Å². The van der Waals surface area contributed by atoms with Gasteiger partial charge in [0, 0.05) is 24.1 Å². The lowest BCUT2D eigenvalue weighted by atomic mass is 10.1. The Morgan fingerprint density at radius 1 is 1.29 bits per heavy atom. The molecule has 0 unspecified atom stereocenters. The predicted molar refractivity (Wildman–Crippen MR) is 87.5 cm³/mol. The number of hydrogen-bond acceptors (Lipinski definition) is 2. The highest BCUT2D eigenvalue weighted by atomic mass is 32.1. The summed E-state index contributed by atoms with van der Waals surface area (Å²) >= 11 is 4.79. The number of unbranched alkanes of at least 4 members (excludes halogenated alkanes) is 4. The van der Waals surface area contributed by atoms with Crippen LogP contribution in [0.25, 0.3) is 0 Å². The summed E-state index contributed by atoms with van der Waals surface area (Å²) in [6.07, 6.45) is 6.01. The zero-order chi connectivity index (χ0) is 15.7. The fourth-order valence-corrected chi connectivity index (χ4v) is 2.14. The molecule has 1 aromatic rings. The van der Waals surface area contributed by atoms with Crippen LogP contribution in [-0.4, -0.2) is 10.9 Å². The first-order chi connectivity index (χ1) is 10.0. The Kier molecular flexibility index (Phi) is 7.90. The van der Waals surface area contributed by atoms with E-state index >= 15 is 0 Å². The van der Waals surface area contributed by atoms with Crippen molar-refractivity contribution in [3.63, 3.8) is 0 Å². The number of halogens is 1. The average Bonchev–Trinajstić information content (AvgIpc) is 2.45. The molecular formula is C16H23FN2OS. The number of amides is 1. The van der Waals surface area contributed by atoms with Crippen molar-refractivity contribution < 1.29 is 9.18 Å². The lowest BCUT2D eigenvalue weighted by Crippen LogP contribution is -2.23. The Labute approximate surface area is 131 Å². The molecule has 1 aromatic carbocycles. The number of benzene rings is 1. The van der Waals surface area contributed by atoms with E-state index < -0.39 is 5.82 Å². The first-order valence-corrected chi connectivity index (χ1v) is 7.80. The normalized spacial score (nSPS) is 10.4. The maximum Gasteiger partial charge on any atom is 0.220 e. The van der Waals surface area contributed by atoms with Gasteiger partial charge in [-0.25, -0.2) is 4.39 Å². The van der Waals surface area contributed by atoms with Gasteiger partial charge in [-0.05, 0) is 12.5 Å². The summed E-state index contributed by atoms with van der Waals surface area (Å²) in [5.41, 5.74) is 6.37. The van der Waals surface area contributed by atoms with Crippen LogP contribution in [0.4, 0.5) is 4.39 Å². The molecule has 0 atom stereocenters. The first kappa shape index (κ1) is 17.6. The molecule has 0 saturated carbocycles. The van der Waals surface area contributed by atoms with E-state index in [0.717, 1.165) is 12.8 Å². The molecule has 0 aliphatic rings. The Morgan fingerprint density at radius 3 is 2.62 bits per heavy atom. The molecule has 0 aliphatic carbocycles. The topological polar surface area (TPSA) is 55.1 Å². The highest BCUT2D eigenvalue weighted by Gasteiger charge is 2.07. The molecule has 116 valence electrons.